The SMILES string of the molecule is COc1ccc(CC(=O)N2CCN(CCOc3cccc(C)c3)CC2)cc1. The number of nitrogens with zero attached hydrogens (tertiary/aromatic N) is 2. The fraction of sp³-hybridized carbons (Fsp3) is 0.409. The standard InChI is InChI=1S/C22H28N2O3/c1-18-4-3-5-21(16-18)27-15-14-23-10-12-24(13-11-23)22(25)17-19-6-8-20(26-2)9-7-19/h3-9,16H,10-15,17H2,1-2H3. The van der Waals surface area contributed by atoms with Crippen LogP contribution in [0.3, 0.4) is 0 Å². The molecule has 1 aliphatic rings. The van der Waals surface area contributed by atoms with E-state index in [1.807, 2.05) is 41.3 Å². The van der Waals surface area contributed by atoms with E-state index >= 15 is 0 Å². The summed E-state index contributed by atoms with van der Waals surface area (Å²) in [5.74, 6) is 1.92. The average molecular weight is 368 g/mol. The van der Waals surface area contributed by atoms with Crippen LogP contribution in [0, 0.1) is 6.92 Å². The Bertz CT molecular complexity index is 737. The van der Waals surface area contributed by atoms with Crippen molar-refractivity contribution >= 4 is 5.91 Å². The maximum atomic E-state index is 12.5. The molecule has 5 nitrogen and oxygen atoms in total. The minimum atomic E-state index is 0.191. The molecule has 0 spiro atoms. The summed E-state index contributed by atoms with van der Waals surface area (Å²) in [6.07, 6.45) is 0.445. The first-order valence-corrected chi connectivity index (χ1v) is 9.46. The Balaban J connectivity index is 1.38. The molecular weight excluding hydrogens is 340 g/mol. The van der Waals surface area contributed by atoms with Gasteiger partial charge in [-0.05, 0) is 42.3 Å². The zero-order chi connectivity index (χ0) is 19.1. The number of aryl methyl sites for hydroxylation is 1. The Morgan fingerprint density at radius 3 is 2.41 bits per heavy atom. The van der Waals surface area contributed by atoms with Crippen molar-refractivity contribution in [3.05, 3.63) is 59.7 Å². The summed E-state index contributed by atoms with van der Waals surface area (Å²) in [5, 5.41) is 0. The lowest BCUT2D eigenvalue weighted by atomic mass is 10.1. The molecule has 1 fully saturated rings. The van der Waals surface area contributed by atoms with E-state index in [2.05, 4.69) is 24.0 Å². The van der Waals surface area contributed by atoms with Crippen molar-refractivity contribution in [1.82, 2.24) is 9.80 Å². The van der Waals surface area contributed by atoms with Crippen molar-refractivity contribution in [3.63, 3.8) is 0 Å². The van der Waals surface area contributed by atoms with Crippen LogP contribution in [0.4, 0.5) is 0 Å². The summed E-state index contributed by atoms with van der Waals surface area (Å²) in [6, 6.07) is 15.8. The molecule has 0 aromatic heterocycles. The lowest BCUT2D eigenvalue weighted by molar-refractivity contribution is -0.132. The van der Waals surface area contributed by atoms with Gasteiger partial charge in [0.25, 0.3) is 0 Å². The van der Waals surface area contributed by atoms with Crippen molar-refractivity contribution < 1.29 is 14.3 Å². The highest BCUT2D eigenvalue weighted by atomic mass is 16.5. The predicted molar refractivity (Wildman–Crippen MR) is 106 cm³/mol. The third-order valence-electron chi connectivity index (χ3n) is 4.91. The quantitative estimate of drug-likeness (QED) is 0.754. The smallest absolute Gasteiger partial charge is 0.227 e. The zero-order valence-electron chi connectivity index (χ0n) is 16.2. The fourth-order valence-electron chi connectivity index (χ4n) is 3.25. The molecule has 1 amide bonds. The van der Waals surface area contributed by atoms with Crippen molar-refractivity contribution in [2.45, 2.75) is 13.3 Å². The molecule has 1 heterocycles. The second-order valence-electron chi connectivity index (χ2n) is 6.91. The molecule has 1 aliphatic heterocycles. The number of hydrogen-bond donors (Lipinski definition) is 0. The molecule has 1 saturated heterocycles. The summed E-state index contributed by atoms with van der Waals surface area (Å²) < 4.78 is 11.0. The van der Waals surface area contributed by atoms with E-state index in [1.165, 1.54) is 5.56 Å². The topological polar surface area (TPSA) is 42.0 Å². The van der Waals surface area contributed by atoms with Crippen LogP contribution in [0.15, 0.2) is 48.5 Å². The van der Waals surface area contributed by atoms with Gasteiger partial charge in [0.2, 0.25) is 5.91 Å². The molecule has 0 radical (unpaired) electrons. The Morgan fingerprint density at radius 2 is 1.74 bits per heavy atom. The van der Waals surface area contributed by atoms with Gasteiger partial charge in [0.1, 0.15) is 18.1 Å². The van der Waals surface area contributed by atoms with Gasteiger partial charge in [0, 0.05) is 32.7 Å². The Hall–Kier alpha value is -2.53. The Labute approximate surface area is 161 Å². The fourth-order valence-corrected chi connectivity index (χ4v) is 3.25. The van der Waals surface area contributed by atoms with E-state index in [1.54, 1.807) is 7.11 Å². The number of amides is 1. The van der Waals surface area contributed by atoms with E-state index in [0.717, 1.165) is 49.8 Å². The predicted octanol–water partition coefficient (Wildman–Crippen LogP) is 2.77. The molecule has 0 atom stereocenters. The number of rotatable bonds is 7. The van der Waals surface area contributed by atoms with Crippen LogP contribution in [0.2, 0.25) is 0 Å². The van der Waals surface area contributed by atoms with Crippen LogP contribution < -0.4 is 9.47 Å². The van der Waals surface area contributed by atoms with E-state index in [0.29, 0.717) is 13.0 Å². The molecule has 0 bridgehead atoms. The van der Waals surface area contributed by atoms with Crippen molar-refractivity contribution in [1.29, 1.82) is 0 Å². The number of benzene rings is 2. The minimum absolute atomic E-state index is 0.191. The molecular formula is C22H28N2O3. The highest BCUT2D eigenvalue weighted by molar-refractivity contribution is 5.79. The van der Waals surface area contributed by atoms with Crippen LogP contribution in [0.5, 0.6) is 11.5 Å². The third-order valence-corrected chi connectivity index (χ3v) is 4.91. The summed E-state index contributed by atoms with van der Waals surface area (Å²) in [6.45, 7) is 6.96. The van der Waals surface area contributed by atoms with E-state index in [4.69, 9.17) is 9.47 Å². The summed E-state index contributed by atoms with van der Waals surface area (Å²) in [4.78, 5) is 16.8. The second kappa shape index (κ2) is 9.42. The molecule has 2 aromatic carbocycles. The molecule has 144 valence electrons. The molecule has 5 heteroatoms. The van der Waals surface area contributed by atoms with Gasteiger partial charge < -0.3 is 14.4 Å². The maximum absolute atomic E-state index is 12.5. The third kappa shape index (κ3) is 5.73. The monoisotopic (exact) mass is 368 g/mol. The number of carbonyl (C=O) groups is 1. The van der Waals surface area contributed by atoms with Crippen molar-refractivity contribution in [3.8, 4) is 11.5 Å². The van der Waals surface area contributed by atoms with Crippen molar-refractivity contribution in [2.75, 3.05) is 46.4 Å². The molecule has 0 unspecified atom stereocenters. The number of hydrogen-bond acceptors (Lipinski definition) is 4. The van der Waals surface area contributed by atoms with Gasteiger partial charge in [-0.2, -0.15) is 0 Å². The van der Waals surface area contributed by atoms with Gasteiger partial charge >= 0.3 is 0 Å². The van der Waals surface area contributed by atoms with Gasteiger partial charge in [-0.3, -0.25) is 9.69 Å². The number of methoxy groups -OCH3 is 1. The average Bonchev–Trinajstić information content (AvgIpc) is 2.69. The highest BCUT2D eigenvalue weighted by Gasteiger charge is 2.21. The molecule has 2 aromatic rings. The number of carbonyl (C=O) groups excluding carboxylic acids is 1. The first-order chi connectivity index (χ1) is 13.1. The molecule has 3 rings (SSSR count). The highest BCUT2D eigenvalue weighted by Crippen LogP contribution is 2.14. The first-order valence-electron chi connectivity index (χ1n) is 9.46. The van der Waals surface area contributed by atoms with Gasteiger partial charge in [-0.1, -0.05) is 24.3 Å². The van der Waals surface area contributed by atoms with Crippen LogP contribution in [0.25, 0.3) is 0 Å². The minimum Gasteiger partial charge on any atom is -0.497 e. The second-order valence-corrected chi connectivity index (χ2v) is 6.91. The van der Waals surface area contributed by atoms with E-state index < -0.39 is 0 Å². The number of ether oxygens (including phenoxy) is 2. The largest absolute Gasteiger partial charge is 0.497 e. The normalized spacial score (nSPS) is 14.8. The lowest BCUT2D eigenvalue weighted by Crippen LogP contribution is -2.49. The summed E-state index contributed by atoms with van der Waals surface area (Å²) >= 11 is 0. The number of piperazine rings is 1. The van der Waals surface area contributed by atoms with E-state index in [9.17, 15) is 4.79 Å². The molecule has 0 aliphatic carbocycles. The molecule has 0 saturated carbocycles. The van der Waals surface area contributed by atoms with E-state index in [-0.39, 0.29) is 5.91 Å². The lowest BCUT2D eigenvalue weighted by Gasteiger charge is -2.34. The molecule has 27 heavy (non-hydrogen) atoms. The van der Waals surface area contributed by atoms with Gasteiger partial charge in [-0.25, -0.2) is 0 Å². The van der Waals surface area contributed by atoms with Gasteiger partial charge in [0.05, 0.1) is 13.5 Å². The van der Waals surface area contributed by atoms with Gasteiger partial charge in [-0.15, -0.1) is 0 Å². The first kappa shape index (κ1) is 19.2. The van der Waals surface area contributed by atoms with Crippen molar-refractivity contribution in [2.24, 2.45) is 0 Å². The van der Waals surface area contributed by atoms with Crippen LogP contribution in [-0.2, 0) is 11.2 Å². The molecule has 0 N–H and O–H groups in total. The van der Waals surface area contributed by atoms with Crippen LogP contribution in [0.1, 0.15) is 11.1 Å². The van der Waals surface area contributed by atoms with Gasteiger partial charge in [0.15, 0.2) is 0 Å². The summed E-state index contributed by atoms with van der Waals surface area (Å²) in [5.41, 5.74) is 2.23. The van der Waals surface area contributed by atoms with Crippen LogP contribution in [-0.4, -0.2) is 62.1 Å². The zero-order valence-corrected chi connectivity index (χ0v) is 16.2. The maximum Gasteiger partial charge on any atom is 0.227 e. The summed E-state index contributed by atoms with van der Waals surface area (Å²) in [7, 11) is 1.64. The van der Waals surface area contributed by atoms with Crippen LogP contribution >= 0.6 is 0 Å². The Morgan fingerprint density at radius 1 is 1.00 bits per heavy atom. The Kier molecular flexibility index (Phi) is 6.71.